The maximum Gasteiger partial charge on any atom is 0.00513 e. The molecule has 2 N–H and O–H groups in total. The molecule has 0 bridgehead atoms. The van der Waals surface area contributed by atoms with Crippen LogP contribution in [-0.2, 0) is 0 Å². The summed E-state index contributed by atoms with van der Waals surface area (Å²) in [6.45, 7) is 2.58. The van der Waals surface area contributed by atoms with Gasteiger partial charge in [0, 0.05) is 19.1 Å². The first-order valence-electron chi connectivity index (χ1n) is 3.64. The van der Waals surface area contributed by atoms with Crippen LogP contribution in [0.2, 0.25) is 0 Å². The van der Waals surface area contributed by atoms with E-state index in [2.05, 4.69) is 11.9 Å². The van der Waals surface area contributed by atoms with Crippen molar-refractivity contribution in [3.05, 3.63) is 0 Å². The van der Waals surface area contributed by atoms with Crippen molar-refractivity contribution in [3.63, 3.8) is 0 Å². The van der Waals surface area contributed by atoms with Crippen molar-refractivity contribution in [1.29, 1.82) is 0 Å². The van der Waals surface area contributed by atoms with Crippen LogP contribution in [-0.4, -0.2) is 31.1 Å². The molecular weight excluding hydrogens is 112 g/mol. The zero-order valence-corrected chi connectivity index (χ0v) is 5.93. The Bertz CT molecular complexity index is 101. The van der Waals surface area contributed by atoms with E-state index in [1.165, 1.54) is 25.9 Å². The van der Waals surface area contributed by atoms with Gasteiger partial charge in [0.2, 0.25) is 0 Å². The van der Waals surface area contributed by atoms with Crippen LogP contribution in [0.4, 0.5) is 0 Å². The van der Waals surface area contributed by atoms with Gasteiger partial charge >= 0.3 is 0 Å². The fourth-order valence-electron chi connectivity index (χ4n) is 2.41. The van der Waals surface area contributed by atoms with Crippen molar-refractivity contribution in [2.45, 2.75) is 18.9 Å². The van der Waals surface area contributed by atoms with Crippen molar-refractivity contribution in [1.82, 2.24) is 4.90 Å². The summed E-state index contributed by atoms with van der Waals surface area (Å²) >= 11 is 0. The summed E-state index contributed by atoms with van der Waals surface area (Å²) in [6, 6.07) is 0.527. The lowest BCUT2D eigenvalue weighted by molar-refractivity contribution is -0.0559. The molecular formula is C7H14N2. The van der Waals surface area contributed by atoms with Crippen molar-refractivity contribution in [2.24, 2.45) is 11.1 Å². The van der Waals surface area contributed by atoms with E-state index in [0.29, 0.717) is 11.5 Å². The lowest BCUT2D eigenvalue weighted by Crippen LogP contribution is -2.63. The predicted octanol–water partition coefficient (Wildman–Crippen LogP) is 0.0393. The standard InChI is InChI=1S/C7H14N2/c1-9-4-7(5-9)2-6(8)3-7/h6H,2-5,8H2,1H3. The van der Waals surface area contributed by atoms with Crippen LogP contribution in [0.25, 0.3) is 0 Å². The van der Waals surface area contributed by atoms with E-state index in [1.54, 1.807) is 0 Å². The highest BCUT2D eigenvalue weighted by Gasteiger charge is 2.49. The van der Waals surface area contributed by atoms with Crippen LogP contribution in [0.1, 0.15) is 12.8 Å². The van der Waals surface area contributed by atoms with Gasteiger partial charge in [0.15, 0.2) is 0 Å². The van der Waals surface area contributed by atoms with Crippen molar-refractivity contribution < 1.29 is 0 Å². The Kier molecular flexibility index (Phi) is 0.945. The van der Waals surface area contributed by atoms with Gasteiger partial charge in [-0.15, -0.1) is 0 Å². The predicted molar refractivity (Wildman–Crippen MR) is 37.1 cm³/mol. The van der Waals surface area contributed by atoms with Gasteiger partial charge in [0.1, 0.15) is 0 Å². The van der Waals surface area contributed by atoms with E-state index in [9.17, 15) is 0 Å². The van der Waals surface area contributed by atoms with E-state index in [1.807, 2.05) is 0 Å². The molecule has 1 spiro atoms. The smallest absolute Gasteiger partial charge is 0.00513 e. The second-order valence-electron chi connectivity index (χ2n) is 3.84. The molecule has 9 heavy (non-hydrogen) atoms. The lowest BCUT2D eigenvalue weighted by atomic mass is 9.61. The van der Waals surface area contributed by atoms with Gasteiger partial charge in [-0.3, -0.25) is 0 Å². The number of rotatable bonds is 0. The fraction of sp³-hybridized carbons (Fsp3) is 1.00. The first-order valence-corrected chi connectivity index (χ1v) is 3.64. The van der Waals surface area contributed by atoms with Gasteiger partial charge in [-0.05, 0) is 25.3 Å². The molecule has 0 aromatic rings. The van der Waals surface area contributed by atoms with E-state index in [4.69, 9.17) is 5.73 Å². The van der Waals surface area contributed by atoms with Gasteiger partial charge in [-0.25, -0.2) is 0 Å². The zero-order valence-electron chi connectivity index (χ0n) is 5.93. The molecule has 1 saturated heterocycles. The number of hydrogen-bond acceptors (Lipinski definition) is 2. The minimum absolute atomic E-state index is 0.527. The maximum atomic E-state index is 5.69. The number of hydrogen-bond donors (Lipinski definition) is 1. The van der Waals surface area contributed by atoms with Gasteiger partial charge in [-0.1, -0.05) is 0 Å². The quantitative estimate of drug-likeness (QED) is 0.496. The Hall–Kier alpha value is -0.0800. The number of nitrogens with two attached hydrogens (primary N) is 1. The number of nitrogens with zero attached hydrogens (tertiary/aromatic N) is 1. The molecule has 52 valence electrons. The van der Waals surface area contributed by atoms with Gasteiger partial charge in [0.05, 0.1) is 0 Å². The third-order valence-corrected chi connectivity index (χ3v) is 2.60. The highest BCUT2D eigenvalue weighted by molar-refractivity contribution is 5.04. The van der Waals surface area contributed by atoms with Crippen LogP contribution < -0.4 is 5.73 Å². The summed E-state index contributed by atoms with van der Waals surface area (Å²) < 4.78 is 0. The maximum absolute atomic E-state index is 5.69. The molecule has 1 aliphatic carbocycles. The fourth-order valence-corrected chi connectivity index (χ4v) is 2.41. The Balaban J connectivity index is 1.87. The van der Waals surface area contributed by atoms with E-state index in [0.717, 1.165) is 0 Å². The SMILES string of the molecule is CN1CC2(CC(N)C2)C1. The van der Waals surface area contributed by atoms with Gasteiger partial charge in [-0.2, -0.15) is 0 Å². The minimum atomic E-state index is 0.527. The molecule has 1 heterocycles. The van der Waals surface area contributed by atoms with Crippen molar-refractivity contribution in [2.75, 3.05) is 20.1 Å². The van der Waals surface area contributed by atoms with Crippen LogP contribution in [0.15, 0.2) is 0 Å². The average molecular weight is 126 g/mol. The zero-order chi connectivity index (χ0) is 6.48. The minimum Gasteiger partial charge on any atom is -0.328 e. The van der Waals surface area contributed by atoms with Crippen LogP contribution in [0, 0.1) is 5.41 Å². The second kappa shape index (κ2) is 1.50. The normalized spacial score (nSPS) is 34.0. The molecule has 2 nitrogen and oxygen atoms in total. The highest BCUT2D eigenvalue weighted by atomic mass is 15.2. The summed E-state index contributed by atoms with van der Waals surface area (Å²) in [5.74, 6) is 0. The van der Waals surface area contributed by atoms with Gasteiger partial charge < -0.3 is 10.6 Å². The molecule has 2 heteroatoms. The monoisotopic (exact) mass is 126 g/mol. The van der Waals surface area contributed by atoms with Crippen molar-refractivity contribution >= 4 is 0 Å². The lowest BCUT2D eigenvalue weighted by Gasteiger charge is -2.57. The molecule has 2 aliphatic rings. The second-order valence-corrected chi connectivity index (χ2v) is 3.84. The summed E-state index contributed by atoms with van der Waals surface area (Å²) in [7, 11) is 2.18. The molecule has 0 amide bonds. The molecule has 2 fully saturated rings. The highest BCUT2D eigenvalue weighted by Crippen LogP contribution is 2.46. The Morgan fingerprint density at radius 1 is 1.44 bits per heavy atom. The van der Waals surface area contributed by atoms with E-state index >= 15 is 0 Å². The molecule has 0 radical (unpaired) electrons. The third kappa shape index (κ3) is 0.700. The Labute approximate surface area is 56.0 Å². The molecule has 1 aliphatic heterocycles. The topological polar surface area (TPSA) is 29.3 Å². The van der Waals surface area contributed by atoms with E-state index in [-0.39, 0.29) is 0 Å². The molecule has 1 saturated carbocycles. The molecule has 0 atom stereocenters. The van der Waals surface area contributed by atoms with Crippen molar-refractivity contribution in [3.8, 4) is 0 Å². The first-order chi connectivity index (χ1) is 4.20. The molecule has 0 aromatic carbocycles. The summed E-state index contributed by atoms with van der Waals surface area (Å²) in [5.41, 5.74) is 6.38. The van der Waals surface area contributed by atoms with E-state index < -0.39 is 0 Å². The summed E-state index contributed by atoms with van der Waals surface area (Å²) in [6.07, 6.45) is 2.55. The van der Waals surface area contributed by atoms with Gasteiger partial charge in [0.25, 0.3) is 0 Å². The Morgan fingerprint density at radius 3 is 2.33 bits per heavy atom. The van der Waals surface area contributed by atoms with Crippen LogP contribution in [0.5, 0.6) is 0 Å². The van der Waals surface area contributed by atoms with Crippen LogP contribution >= 0.6 is 0 Å². The molecule has 0 unspecified atom stereocenters. The summed E-state index contributed by atoms with van der Waals surface area (Å²) in [5, 5.41) is 0. The van der Waals surface area contributed by atoms with Crippen LogP contribution in [0.3, 0.4) is 0 Å². The molecule has 0 aromatic heterocycles. The Morgan fingerprint density at radius 2 is 2.00 bits per heavy atom. The first kappa shape index (κ1) is 5.69. The average Bonchev–Trinajstić information content (AvgIpc) is 1.58. The largest absolute Gasteiger partial charge is 0.328 e. The summed E-state index contributed by atoms with van der Waals surface area (Å²) in [4.78, 5) is 2.37. The third-order valence-electron chi connectivity index (χ3n) is 2.60. The molecule has 2 rings (SSSR count). The number of likely N-dealkylation sites (tertiary alicyclic amines) is 1.